The fourth-order valence-electron chi connectivity index (χ4n) is 5.69. The van der Waals surface area contributed by atoms with Gasteiger partial charge in [-0.25, -0.2) is 38.7 Å². The summed E-state index contributed by atoms with van der Waals surface area (Å²) < 4.78 is 169. The van der Waals surface area contributed by atoms with Crippen molar-refractivity contribution in [2.45, 2.75) is 26.0 Å². The van der Waals surface area contributed by atoms with Crippen LogP contribution in [0, 0.1) is 6.08 Å². The van der Waals surface area contributed by atoms with E-state index < -0.39 is 101 Å². The summed E-state index contributed by atoms with van der Waals surface area (Å²) in [6.45, 7) is -0.305. The van der Waals surface area contributed by atoms with E-state index >= 15 is 0 Å². The van der Waals surface area contributed by atoms with Gasteiger partial charge in [0.1, 0.15) is 77.2 Å². The second-order valence-electron chi connectivity index (χ2n) is 12.1. The fourth-order valence-corrected chi connectivity index (χ4v) is 8.82. The van der Waals surface area contributed by atoms with Gasteiger partial charge in [-0.05, 0) is 48.9 Å². The zero-order valence-corrected chi connectivity index (χ0v) is 45.7. The largest absolute Gasteiger partial charge is 1.00 e. The number of nitrogen functional groups attached to an aromatic ring is 1. The molecule has 0 unspecified atom stereocenters. The molecule has 0 spiro atoms. The van der Waals surface area contributed by atoms with Gasteiger partial charge in [0.2, 0.25) is 11.9 Å². The summed E-state index contributed by atoms with van der Waals surface area (Å²) in [4.78, 5) is 15.3. The molecule has 2 aliphatic heterocycles. The normalized spacial score (nSPS) is 12.6. The maximum absolute atomic E-state index is 14.3. The second kappa shape index (κ2) is 21.4. The predicted octanol–water partition coefficient (Wildman–Crippen LogP) is -9.23. The van der Waals surface area contributed by atoms with Gasteiger partial charge >= 0.3 is 124 Å². The van der Waals surface area contributed by atoms with Crippen molar-refractivity contribution < 1.29 is 184 Å². The number of ether oxygens (including phenoxy) is 1. The maximum Gasteiger partial charge on any atom is 1.00 e. The zero-order valence-electron chi connectivity index (χ0n) is 33.0. The average Bonchev–Trinajstić information content (AvgIpc) is 3.13. The van der Waals surface area contributed by atoms with E-state index in [1.165, 1.54) is 12.1 Å². The number of halogens is 3. The van der Waals surface area contributed by atoms with Gasteiger partial charge < -0.3 is 49.0 Å². The third-order valence-corrected chi connectivity index (χ3v) is 12.4. The smallest absolute Gasteiger partial charge is 0.744 e. The van der Waals surface area contributed by atoms with Crippen LogP contribution in [0.3, 0.4) is 0 Å². The number of benzene rings is 4. The molecule has 0 atom stereocenters. The van der Waals surface area contributed by atoms with Crippen LogP contribution in [0.15, 0.2) is 71.5 Å². The van der Waals surface area contributed by atoms with Crippen molar-refractivity contribution in [2.24, 2.45) is 4.99 Å². The molecule has 1 aliphatic carbocycles. The Morgan fingerprint density at radius 1 is 0.766 bits per heavy atom. The van der Waals surface area contributed by atoms with Crippen molar-refractivity contribution in [1.29, 1.82) is 0 Å². The van der Waals surface area contributed by atoms with Crippen LogP contribution in [-0.2, 0) is 40.5 Å². The molecule has 23 nitrogen and oxygen atoms in total. The molecule has 0 saturated heterocycles. The Morgan fingerprint density at radius 3 is 2.05 bits per heavy atom. The van der Waals surface area contributed by atoms with Crippen LogP contribution in [-0.4, -0.2) is 84.9 Å². The summed E-state index contributed by atoms with van der Waals surface area (Å²) in [5, 5.41) is 6.53. The van der Waals surface area contributed by atoms with Gasteiger partial charge in [0.15, 0.2) is 22.8 Å². The molecular formula is C30H18Cl2FN9Na4O14S4. The number of nitrogens with two attached hydrogens (primary N) is 1. The van der Waals surface area contributed by atoms with Gasteiger partial charge in [0, 0.05) is 13.1 Å². The molecule has 316 valence electrons. The molecule has 7 rings (SSSR count). The first-order valence-electron chi connectivity index (χ1n) is 16.0. The quantitative estimate of drug-likeness (QED) is 0.0307. The Morgan fingerprint density at radius 2 is 1.42 bits per heavy atom. The van der Waals surface area contributed by atoms with Crippen molar-refractivity contribution in [3.63, 3.8) is 0 Å². The van der Waals surface area contributed by atoms with E-state index in [4.69, 9.17) is 38.1 Å². The average molecular weight is 1040 g/mol. The van der Waals surface area contributed by atoms with E-state index in [9.17, 15) is 56.3 Å². The van der Waals surface area contributed by atoms with Crippen molar-refractivity contribution in [1.82, 2.24) is 19.9 Å². The molecule has 0 radical (unpaired) electrons. The molecule has 34 heteroatoms. The van der Waals surface area contributed by atoms with Crippen LogP contribution in [0.25, 0.3) is 22.6 Å². The van der Waals surface area contributed by atoms with E-state index in [0.717, 1.165) is 12.1 Å². The van der Waals surface area contributed by atoms with E-state index in [0.29, 0.717) is 18.2 Å². The molecule has 3 heterocycles. The topological polar surface area (TPSA) is 377 Å². The first-order chi connectivity index (χ1) is 27.9. The van der Waals surface area contributed by atoms with E-state index in [-0.39, 0.29) is 187 Å². The van der Waals surface area contributed by atoms with Gasteiger partial charge in [-0.15, -0.1) is 0 Å². The van der Waals surface area contributed by atoms with Crippen LogP contribution < -0.4 is 150 Å². The molecule has 64 heavy (non-hydrogen) atoms. The first kappa shape index (κ1) is 56.8. The summed E-state index contributed by atoms with van der Waals surface area (Å²) in [6, 6.07) is 6.43. The monoisotopic (exact) mass is 1040 g/mol. The molecule has 1 aromatic heterocycles. The predicted molar refractivity (Wildman–Crippen MR) is 200 cm³/mol. The first-order valence-corrected chi connectivity index (χ1v) is 22.4. The Kier molecular flexibility index (Phi) is 19.0. The van der Waals surface area contributed by atoms with Gasteiger partial charge in [0.05, 0.1) is 32.2 Å². The molecule has 3 aliphatic rings. The number of hydrogen-bond acceptors (Lipinski definition) is 23. The molecular weight excluding hydrogens is 1020 g/mol. The Labute approximate surface area is 459 Å². The number of fused-ring (bicyclic) bond motifs is 4. The van der Waals surface area contributed by atoms with Gasteiger partial charge in [-0.1, -0.05) is 23.2 Å². The van der Waals surface area contributed by atoms with Crippen molar-refractivity contribution >= 4 is 109 Å². The Balaban J connectivity index is 0.00000272. The second-order valence-corrected chi connectivity index (χ2v) is 18.2. The Hall–Kier alpha value is -1.56. The van der Waals surface area contributed by atoms with Gasteiger partial charge in [-0.2, -0.15) is 19.3 Å². The maximum atomic E-state index is 14.3. The van der Waals surface area contributed by atoms with E-state index in [1.54, 1.807) is 0 Å². The number of hydrogen-bond donors (Lipinski definition) is 4. The molecule has 0 bridgehead atoms. The number of rotatable bonds is 11. The molecule has 3 aromatic carbocycles. The van der Waals surface area contributed by atoms with Crippen LogP contribution in [0.2, 0.25) is 10.0 Å². The summed E-state index contributed by atoms with van der Waals surface area (Å²) in [7, 11) is -20.9. The van der Waals surface area contributed by atoms with Crippen LogP contribution in [0.5, 0.6) is 11.5 Å². The van der Waals surface area contributed by atoms with Crippen LogP contribution in [0.1, 0.15) is 6.42 Å². The molecule has 4 aromatic rings. The van der Waals surface area contributed by atoms with Crippen LogP contribution >= 0.6 is 23.2 Å². The van der Waals surface area contributed by atoms with Gasteiger partial charge in [-0.3, -0.25) is 4.99 Å². The minimum Gasteiger partial charge on any atom is -0.744 e. The standard InChI is InChI=1S/C30H22Cl2FN9O14S4.4Na/c31-18-21-25(19(32)20-24(18)55-22-13(37-20)4-3-12(34)26(22)59(49,50)51)56-23-14(38-21)5-6-15(27(23)60(52,53)54)35-8-1-9-36-29-40-28(33)41-30(42-29)39-16-10-11(57(43,44)45)2-7-17(16)58(46,47)48;;;;/h2-7,10,37H,1,8-9,34H2,(H,43,44,45)(H,46,47,48)(H,49,50,51)(H,52,53,54)(H2,36,39,40,41,42);;;;/q;4*+1/p-4. The minimum absolute atomic E-state index is 0. The van der Waals surface area contributed by atoms with Gasteiger partial charge in [0.25, 0.3) is 0 Å². The van der Waals surface area contributed by atoms with Crippen LogP contribution in [0.4, 0.5) is 39.0 Å². The molecule has 5 N–H and O–H groups in total. The summed E-state index contributed by atoms with van der Waals surface area (Å²) in [5.74, 6) is -2.53. The van der Waals surface area contributed by atoms with Crippen molar-refractivity contribution in [3.8, 4) is 23.0 Å². The number of nitrogens with one attached hydrogen (secondary N) is 3. The van der Waals surface area contributed by atoms with Crippen molar-refractivity contribution in [2.75, 3.05) is 34.8 Å². The number of anilines is 6. The number of aromatic nitrogens is 4. The third kappa shape index (κ3) is 12.0. The minimum atomic E-state index is -5.37. The molecule has 0 saturated carbocycles. The molecule has 0 amide bonds. The summed E-state index contributed by atoms with van der Waals surface area (Å²) in [6.07, 6.45) is -1.39. The summed E-state index contributed by atoms with van der Waals surface area (Å²) >= 11 is 13.2. The van der Waals surface area contributed by atoms with E-state index in [2.05, 4.69) is 40.9 Å². The Bertz CT molecular complexity index is 3350. The fraction of sp³-hybridized carbons (Fsp3) is 0.100. The van der Waals surface area contributed by atoms with Crippen molar-refractivity contribution in [3.05, 3.63) is 63.9 Å². The zero-order chi connectivity index (χ0) is 43.7. The van der Waals surface area contributed by atoms with E-state index in [1.807, 2.05) is 0 Å². The summed E-state index contributed by atoms with van der Waals surface area (Å²) in [5.41, 5.74) is 3.58. The SMILES string of the molecule is Nc1ccc2c(c1S(=O)(=O)[O-])Oc1c(c(Cl)c3oc4c(S(=O)(=O)[O-])c(=NCCCNc5nc(F)nc(Nc6cc(S(=O)(=O)[O-])ccc6S(=O)(=O)[O-])n5)ccc-4nc3c1Cl)N2.[Na+].[Na+].[Na+].[Na+]. The third-order valence-electron chi connectivity index (χ3n) is 8.15. The molecule has 0 fully saturated rings. The number of nitrogens with zero attached hydrogens (tertiary/aromatic N) is 5.